The van der Waals surface area contributed by atoms with E-state index in [0.29, 0.717) is 11.5 Å². The smallest absolute Gasteiger partial charge is 0.0492 e. The highest BCUT2D eigenvalue weighted by molar-refractivity contribution is 5.02. The maximum absolute atomic E-state index is 5.82. The van der Waals surface area contributed by atoms with Crippen molar-refractivity contribution in [3.8, 4) is 0 Å². The minimum absolute atomic E-state index is 0.424. The van der Waals surface area contributed by atoms with Crippen molar-refractivity contribution in [2.24, 2.45) is 18.3 Å². The number of nitrogens with two attached hydrogens (primary N) is 1. The average molecular weight is 250 g/mol. The third-order valence-corrected chi connectivity index (χ3v) is 4.86. The van der Waals surface area contributed by atoms with Crippen molar-refractivity contribution in [3.63, 3.8) is 0 Å². The van der Waals surface area contributed by atoms with Crippen molar-refractivity contribution >= 4 is 0 Å². The largest absolute Gasteiger partial charge is 0.273 e. The molecule has 1 fully saturated rings. The van der Waals surface area contributed by atoms with E-state index in [9.17, 15) is 0 Å². The van der Waals surface area contributed by atoms with Crippen molar-refractivity contribution in [2.75, 3.05) is 0 Å². The molecule has 0 spiro atoms. The first-order valence-corrected chi connectivity index (χ1v) is 7.15. The summed E-state index contributed by atoms with van der Waals surface area (Å²) in [5.41, 5.74) is 4.80. The summed E-state index contributed by atoms with van der Waals surface area (Å²) in [6, 6.07) is 2.53. The van der Waals surface area contributed by atoms with Gasteiger partial charge in [0.05, 0.1) is 0 Å². The number of aromatic nitrogens is 2. The van der Waals surface area contributed by atoms with E-state index in [2.05, 4.69) is 23.5 Å². The van der Waals surface area contributed by atoms with Crippen LogP contribution in [-0.2, 0) is 13.5 Å². The van der Waals surface area contributed by atoms with Gasteiger partial charge in [0, 0.05) is 25.0 Å². The van der Waals surface area contributed by atoms with Gasteiger partial charge in [-0.3, -0.25) is 16.0 Å². The van der Waals surface area contributed by atoms with Gasteiger partial charge in [0.15, 0.2) is 0 Å². The van der Waals surface area contributed by atoms with Crippen LogP contribution < -0.4 is 11.3 Å². The van der Waals surface area contributed by atoms with Crippen LogP contribution in [0.4, 0.5) is 0 Å². The van der Waals surface area contributed by atoms with Gasteiger partial charge in [0.1, 0.15) is 0 Å². The topological polar surface area (TPSA) is 55.9 Å². The second-order valence-corrected chi connectivity index (χ2v) is 5.63. The Hall–Kier alpha value is -0.870. The van der Waals surface area contributed by atoms with Crippen molar-refractivity contribution < 1.29 is 0 Å². The molecule has 1 unspecified atom stereocenters. The molecule has 18 heavy (non-hydrogen) atoms. The zero-order chi connectivity index (χ0) is 13.0. The summed E-state index contributed by atoms with van der Waals surface area (Å²) in [6.07, 6.45) is 10.6. The van der Waals surface area contributed by atoms with E-state index >= 15 is 0 Å². The minimum Gasteiger partial charge on any atom is -0.273 e. The normalized spacial score (nSPS) is 20.2. The molecule has 1 aromatic rings. The van der Waals surface area contributed by atoms with E-state index < -0.39 is 0 Å². The molecule has 0 amide bonds. The van der Waals surface area contributed by atoms with E-state index in [1.54, 1.807) is 0 Å². The van der Waals surface area contributed by atoms with Crippen LogP contribution in [0.5, 0.6) is 0 Å². The molecule has 0 aliphatic heterocycles. The molecule has 2 rings (SSSR count). The Labute approximate surface area is 110 Å². The average Bonchev–Trinajstić information content (AvgIpc) is 3.01. The van der Waals surface area contributed by atoms with Crippen LogP contribution in [0.2, 0.25) is 0 Å². The minimum atomic E-state index is 0.424. The Morgan fingerprint density at radius 2 is 2.22 bits per heavy atom. The number of nitrogens with zero attached hydrogens (tertiary/aromatic N) is 2. The molecular formula is C14H26N4. The van der Waals surface area contributed by atoms with E-state index in [4.69, 9.17) is 5.84 Å². The maximum Gasteiger partial charge on any atom is 0.0492 e. The molecule has 1 heterocycles. The van der Waals surface area contributed by atoms with Crippen LogP contribution >= 0.6 is 0 Å². The summed E-state index contributed by atoms with van der Waals surface area (Å²) in [5, 5.41) is 4.22. The Kier molecular flexibility index (Phi) is 4.40. The Balaban J connectivity index is 1.98. The molecule has 1 aliphatic rings. The van der Waals surface area contributed by atoms with E-state index in [1.807, 2.05) is 17.9 Å². The molecule has 4 nitrogen and oxygen atoms in total. The van der Waals surface area contributed by atoms with Crippen LogP contribution in [-0.4, -0.2) is 15.8 Å². The summed E-state index contributed by atoms with van der Waals surface area (Å²) in [6.45, 7) is 2.31. The molecule has 4 heteroatoms. The highest BCUT2D eigenvalue weighted by atomic mass is 15.3. The number of aryl methyl sites for hydroxylation is 2. The maximum atomic E-state index is 5.82. The molecule has 102 valence electrons. The summed E-state index contributed by atoms with van der Waals surface area (Å²) in [7, 11) is 2.01. The highest BCUT2D eigenvalue weighted by Crippen LogP contribution is 2.44. The van der Waals surface area contributed by atoms with E-state index in [-0.39, 0.29) is 0 Å². The number of hydrazine groups is 1. The lowest BCUT2D eigenvalue weighted by atomic mass is 9.74. The molecule has 0 saturated heterocycles. The van der Waals surface area contributed by atoms with Crippen LogP contribution in [0.3, 0.4) is 0 Å². The first kappa shape index (κ1) is 13.6. The number of hydrogen-bond acceptors (Lipinski definition) is 3. The SMILES string of the molecule is CCC1(C(CCc2ccnn2C)NN)CCCC1. The monoisotopic (exact) mass is 250 g/mol. The van der Waals surface area contributed by atoms with Gasteiger partial charge >= 0.3 is 0 Å². The molecule has 0 bridgehead atoms. The summed E-state index contributed by atoms with van der Waals surface area (Å²) in [4.78, 5) is 0. The quantitative estimate of drug-likeness (QED) is 0.601. The Morgan fingerprint density at radius 1 is 1.50 bits per heavy atom. The molecule has 1 aromatic heterocycles. The van der Waals surface area contributed by atoms with Crippen LogP contribution in [0.25, 0.3) is 0 Å². The van der Waals surface area contributed by atoms with Crippen molar-refractivity contribution in [1.82, 2.24) is 15.2 Å². The van der Waals surface area contributed by atoms with Crippen molar-refractivity contribution in [1.29, 1.82) is 0 Å². The number of nitrogens with one attached hydrogen (secondary N) is 1. The number of hydrogen-bond donors (Lipinski definition) is 2. The molecule has 0 aromatic carbocycles. The van der Waals surface area contributed by atoms with Gasteiger partial charge in [0.2, 0.25) is 0 Å². The molecule has 1 saturated carbocycles. The molecule has 0 radical (unpaired) electrons. The Morgan fingerprint density at radius 3 is 2.72 bits per heavy atom. The zero-order valence-corrected chi connectivity index (χ0v) is 11.7. The van der Waals surface area contributed by atoms with Crippen molar-refractivity contribution in [3.05, 3.63) is 18.0 Å². The second-order valence-electron chi connectivity index (χ2n) is 5.63. The summed E-state index contributed by atoms with van der Waals surface area (Å²) < 4.78 is 1.96. The first-order valence-electron chi connectivity index (χ1n) is 7.15. The van der Waals surface area contributed by atoms with Crippen LogP contribution in [0, 0.1) is 5.41 Å². The standard InChI is InChI=1S/C14H26N4/c1-3-14(9-4-5-10-14)13(17-15)7-6-12-8-11-16-18(12)2/h8,11,13,17H,3-7,9-10,15H2,1-2H3. The predicted octanol–water partition coefficient (Wildman–Crippen LogP) is 2.15. The lowest BCUT2D eigenvalue weighted by Gasteiger charge is -2.36. The summed E-state index contributed by atoms with van der Waals surface area (Å²) >= 11 is 0. The van der Waals surface area contributed by atoms with Gasteiger partial charge in [0.25, 0.3) is 0 Å². The lowest BCUT2D eigenvalue weighted by molar-refractivity contribution is 0.177. The second kappa shape index (κ2) is 5.85. The first-order chi connectivity index (χ1) is 8.72. The van der Waals surface area contributed by atoms with Crippen LogP contribution in [0.15, 0.2) is 12.3 Å². The van der Waals surface area contributed by atoms with Gasteiger partial charge in [-0.05, 0) is 43.6 Å². The van der Waals surface area contributed by atoms with Gasteiger partial charge in [-0.25, -0.2) is 0 Å². The van der Waals surface area contributed by atoms with Gasteiger partial charge in [-0.2, -0.15) is 5.10 Å². The molecular weight excluding hydrogens is 224 g/mol. The summed E-state index contributed by atoms with van der Waals surface area (Å²) in [5.74, 6) is 5.82. The number of rotatable bonds is 6. The van der Waals surface area contributed by atoms with Gasteiger partial charge in [-0.15, -0.1) is 0 Å². The fourth-order valence-electron chi connectivity index (χ4n) is 3.53. The predicted molar refractivity (Wildman–Crippen MR) is 73.8 cm³/mol. The fraction of sp³-hybridized carbons (Fsp3) is 0.786. The van der Waals surface area contributed by atoms with Gasteiger partial charge in [-0.1, -0.05) is 19.8 Å². The zero-order valence-electron chi connectivity index (χ0n) is 11.7. The van der Waals surface area contributed by atoms with E-state index in [0.717, 1.165) is 12.8 Å². The highest BCUT2D eigenvalue weighted by Gasteiger charge is 2.38. The third kappa shape index (κ3) is 2.59. The molecule has 1 atom stereocenters. The van der Waals surface area contributed by atoms with Gasteiger partial charge < -0.3 is 0 Å². The third-order valence-electron chi connectivity index (χ3n) is 4.86. The van der Waals surface area contributed by atoms with E-state index in [1.165, 1.54) is 37.8 Å². The van der Waals surface area contributed by atoms with Crippen LogP contribution in [0.1, 0.15) is 51.1 Å². The lowest BCUT2D eigenvalue weighted by Crippen LogP contribution is -2.47. The molecule has 3 N–H and O–H groups in total. The fourth-order valence-corrected chi connectivity index (χ4v) is 3.53. The Bertz CT molecular complexity index is 366. The molecule has 1 aliphatic carbocycles. The van der Waals surface area contributed by atoms with Crippen molar-refractivity contribution in [2.45, 2.75) is 57.9 Å².